The van der Waals surface area contributed by atoms with Crippen LogP contribution in [-0.2, 0) is 11.2 Å². The molecule has 0 bridgehead atoms. The molecule has 0 saturated carbocycles. The van der Waals surface area contributed by atoms with Gasteiger partial charge in [0.25, 0.3) is 0 Å². The van der Waals surface area contributed by atoms with Gasteiger partial charge in [-0.2, -0.15) is 0 Å². The second-order valence-corrected chi connectivity index (χ2v) is 4.98. The number of carbonyl (C=O) groups is 1. The van der Waals surface area contributed by atoms with E-state index in [0.717, 1.165) is 30.9 Å². The molecule has 1 aromatic heterocycles. The van der Waals surface area contributed by atoms with E-state index in [1.54, 1.807) is 6.92 Å². The van der Waals surface area contributed by atoms with Gasteiger partial charge in [-0.1, -0.05) is 0 Å². The van der Waals surface area contributed by atoms with Crippen LogP contribution in [0.4, 0.5) is 0 Å². The summed E-state index contributed by atoms with van der Waals surface area (Å²) >= 11 is 0. The van der Waals surface area contributed by atoms with Gasteiger partial charge < -0.3 is 4.90 Å². The fourth-order valence-corrected chi connectivity index (χ4v) is 2.34. The minimum Gasteiger partial charge on any atom is -0.306 e. The van der Waals surface area contributed by atoms with Crippen molar-refractivity contribution in [1.29, 1.82) is 0 Å². The fraction of sp³-hybridized carbons (Fsp3) is 0.615. The van der Waals surface area contributed by atoms with Gasteiger partial charge in [-0.3, -0.25) is 4.79 Å². The summed E-state index contributed by atoms with van der Waals surface area (Å²) in [7, 11) is 2.13. The molecule has 1 unspecified atom stereocenters. The number of Topliss-reactive ketones (excluding diaryl/α,β-unsaturated/α-hetero) is 1. The second kappa shape index (κ2) is 4.92. The van der Waals surface area contributed by atoms with Crippen LogP contribution in [0.5, 0.6) is 0 Å². The number of rotatable bonds is 3. The minimum absolute atomic E-state index is 0.116. The molecular weight excluding hydrogens is 214 g/mol. The summed E-state index contributed by atoms with van der Waals surface area (Å²) in [6, 6.07) is 2.05. The Hall–Kier alpha value is -1.29. The van der Waals surface area contributed by atoms with Crippen molar-refractivity contribution in [2.24, 2.45) is 0 Å². The van der Waals surface area contributed by atoms with Gasteiger partial charge in [0, 0.05) is 23.9 Å². The van der Waals surface area contributed by atoms with Crippen LogP contribution in [0.3, 0.4) is 0 Å². The maximum absolute atomic E-state index is 11.1. The zero-order valence-electron chi connectivity index (χ0n) is 10.7. The van der Waals surface area contributed by atoms with Crippen LogP contribution in [-0.4, -0.2) is 40.8 Å². The third-order valence-corrected chi connectivity index (χ3v) is 3.14. The summed E-state index contributed by atoms with van der Waals surface area (Å²) in [5, 5.41) is 0. The van der Waals surface area contributed by atoms with Crippen LogP contribution in [0.2, 0.25) is 0 Å². The third-order valence-electron chi connectivity index (χ3n) is 3.14. The second-order valence-electron chi connectivity index (χ2n) is 4.98. The zero-order valence-corrected chi connectivity index (χ0v) is 10.7. The molecule has 1 atom stereocenters. The molecular formula is C13H19N3O. The van der Waals surface area contributed by atoms with Crippen molar-refractivity contribution in [2.45, 2.75) is 32.6 Å². The highest BCUT2D eigenvalue weighted by Crippen LogP contribution is 2.25. The van der Waals surface area contributed by atoms with Crippen molar-refractivity contribution in [3.63, 3.8) is 0 Å². The van der Waals surface area contributed by atoms with Crippen LogP contribution in [0.1, 0.15) is 36.5 Å². The van der Waals surface area contributed by atoms with E-state index in [4.69, 9.17) is 0 Å². The normalized spacial score (nSPS) is 20.8. The molecule has 1 aliphatic heterocycles. The first-order chi connectivity index (χ1) is 8.04. The average molecular weight is 233 g/mol. The summed E-state index contributed by atoms with van der Waals surface area (Å²) in [5.74, 6) is 1.28. The Labute approximate surface area is 102 Å². The van der Waals surface area contributed by atoms with Gasteiger partial charge in [-0.25, -0.2) is 9.97 Å². The number of hydrogen-bond acceptors (Lipinski definition) is 4. The lowest BCUT2D eigenvalue weighted by Gasteiger charge is -2.11. The van der Waals surface area contributed by atoms with E-state index in [0.29, 0.717) is 18.2 Å². The smallest absolute Gasteiger partial charge is 0.137 e. The van der Waals surface area contributed by atoms with Crippen LogP contribution in [0, 0.1) is 6.92 Å². The van der Waals surface area contributed by atoms with Crippen LogP contribution in [0.25, 0.3) is 0 Å². The summed E-state index contributed by atoms with van der Waals surface area (Å²) in [6.07, 6.45) is 1.49. The van der Waals surface area contributed by atoms with E-state index in [-0.39, 0.29) is 5.78 Å². The van der Waals surface area contributed by atoms with Crippen molar-refractivity contribution in [3.05, 3.63) is 23.3 Å². The number of carbonyl (C=O) groups excluding carboxylic acids is 1. The van der Waals surface area contributed by atoms with Gasteiger partial charge in [0.05, 0.1) is 6.42 Å². The van der Waals surface area contributed by atoms with Crippen molar-refractivity contribution in [1.82, 2.24) is 14.9 Å². The molecule has 0 N–H and O–H groups in total. The van der Waals surface area contributed by atoms with Crippen LogP contribution in [0.15, 0.2) is 6.07 Å². The molecule has 1 aliphatic rings. The number of aromatic nitrogens is 2. The van der Waals surface area contributed by atoms with Crippen molar-refractivity contribution < 1.29 is 4.79 Å². The van der Waals surface area contributed by atoms with Crippen molar-refractivity contribution in [3.8, 4) is 0 Å². The number of hydrogen-bond donors (Lipinski definition) is 0. The van der Waals surface area contributed by atoms with Gasteiger partial charge in [0.1, 0.15) is 11.6 Å². The maximum atomic E-state index is 11.1. The molecule has 1 fully saturated rings. The first kappa shape index (κ1) is 12.2. The lowest BCUT2D eigenvalue weighted by molar-refractivity contribution is -0.116. The number of aryl methyl sites for hydroxylation is 1. The third kappa shape index (κ3) is 3.09. The summed E-state index contributed by atoms with van der Waals surface area (Å²) < 4.78 is 0. The predicted octanol–water partition coefficient (Wildman–Crippen LogP) is 1.34. The van der Waals surface area contributed by atoms with Crippen LogP contribution < -0.4 is 0 Å². The minimum atomic E-state index is 0.116. The number of nitrogens with zero attached hydrogens (tertiary/aromatic N) is 3. The Bertz CT molecular complexity index is 431. The van der Waals surface area contributed by atoms with Gasteiger partial charge in [0.15, 0.2) is 0 Å². The van der Waals surface area contributed by atoms with E-state index in [1.807, 2.05) is 13.0 Å². The monoisotopic (exact) mass is 233 g/mol. The van der Waals surface area contributed by atoms with Gasteiger partial charge in [-0.05, 0) is 39.9 Å². The van der Waals surface area contributed by atoms with Gasteiger partial charge in [-0.15, -0.1) is 0 Å². The van der Waals surface area contributed by atoms with Crippen molar-refractivity contribution >= 4 is 5.78 Å². The highest BCUT2D eigenvalue weighted by molar-refractivity contribution is 5.77. The lowest BCUT2D eigenvalue weighted by Crippen LogP contribution is -2.15. The lowest BCUT2D eigenvalue weighted by atomic mass is 10.0. The zero-order chi connectivity index (χ0) is 12.4. The Balaban J connectivity index is 2.22. The molecule has 0 spiro atoms. The highest BCUT2D eigenvalue weighted by Gasteiger charge is 2.23. The average Bonchev–Trinajstić information content (AvgIpc) is 2.62. The standard InChI is InChI=1S/C13H19N3O/c1-9-6-12(11-4-5-16(3)8-11)15-13(14-9)7-10(2)17/h6,11H,4-5,7-8H2,1-3H3. The number of likely N-dealkylation sites (tertiary alicyclic amines) is 1. The fourth-order valence-electron chi connectivity index (χ4n) is 2.34. The topological polar surface area (TPSA) is 46.1 Å². The molecule has 2 rings (SSSR count). The molecule has 1 aromatic rings. The van der Waals surface area contributed by atoms with Gasteiger partial charge in [0.2, 0.25) is 0 Å². The quantitative estimate of drug-likeness (QED) is 0.790. The molecule has 0 amide bonds. The first-order valence-corrected chi connectivity index (χ1v) is 6.07. The van der Waals surface area contributed by atoms with E-state index in [9.17, 15) is 4.79 Å². The first-order valence-electron chi connectivity index (χ1n) is 6.07. The Morgan fingerprint density at radius 1 is 1.53 bits per heavy atom. The molecule has 17 heavy (non-hydrogen) atoms. The van der Waals surface area contributed by atoms with E-state index >= 15 is 0 Å². The maximum Gasteiger partial charge on any atom is 0.137 e. The molecule has 4 nitrogen and oxygen atoms in total. The number of ketones is 1. The largest absolute Gasteiger partial charge is 0.306 e. The molecule has 2 heterocycles. The summed E-state index contributed by atoms with van der Waals surface area (Å²) in [6.45, 7) is 5.72. The van der Waals surface area contributed by atoms with E-state index in [2.05, 4.69) is 21.9 Å². The summed E-state index contributed by atoms with van der Waals surface area (Å²) in [5.41, 5.74) is 2.05. The highest BCUT2D eigenvalue weighted by atomic mass is 16.1. The molecule has 1 saturated heterocycles. The van der Waals surface area contributed by atoms with Crippen LogP contribution >= 0.6 is 0 Å². The van der Waals surface area contributed by atoms with E-state index < -0.39 is 0 Å². The number of likely N-dealkylation sites (N-methyl/N-ethyl adjacent to an activating group) is 1. The molecule has 0 radical (unpaired) electrons. The van der Waals surface area contributed by atoms with Gasteiger partial charge >= 0.3 is 0 Å². The summed E-state index contributed by atoms with van der Waals surface area (Å²) in [4.78, 5) is 22.3. The Kier molecular flexibility index (Phi) is 3.52. The SMILES string of the molecule is CC(=O)Cc1nc(C)cc(C2CCN(C)C2)n1. The molecule has 0 aromatic carbocycles. The molecule has 4 heteroatoms. The Morgan fingerprint density at radius 2 is 2.29 bits per heavy atom. The molecule has 92 valence electrons. The van der Waals surface area contributed by atoms with Crippen molar-refractivity contribution in [2.75, 3.05) is 20.1 Å². The Morgan fingerprint density at radius 3 is 2.88 bits per heavy atom. The van der Waals surface area contributed by atoms with E-state index in [1.165, 1.54) is 0 Å². The molecule has 0 aliphatic carbocycles. The predicted molar refractivity (Wildman–Crippen MR) is 66.0 cm³/mol.